The molecule has 0 aliphatic rings. The maximum absolute atomic E-state index is 15.1. The lowest BCUT2D eigenvalue weighted by molar-refractivity contribution is 0.578. The summed E-state index contributed by atoms with van der Waals surface area (Å²) in [4.78, 5) is 4.30. The van der Waals surface area contributed by atoms with Crippen LogP contribution in [-0.2, 0) is 11.4 Å². The SMILES string of the molecule is N=Cc1cc(C#Cc2c(F)ccc(N[S+]([O-])c3cccc4c(Cl)cccc34)c2F)cnc1N. The maximum atomic E-state index is 15.1. The zero-order valence-corrected chi connectivity index (χ0v) is 18.4. The van der Waals surface area contributed by atoms with Crippen LogP contribution < -0.4 is 10.5 Å². The van der Waals surface area contributed by atoms with Gasteiger partial charge in [-0.25, -0.2) is 18.5 Å². The minimum absolute atomic E-state index is 0.149. The summed E-state index contributed by atoms with van der Waals surface area (Å²) >= 11 is 4.35. The second kappa shape index (κ2) is 9.46. The van der Waals surface area contributed by atoms with E-state index >= 15 is 4.39 Å². The van der Waals surface area contributed by atoms with Gasteiger partial charge < -0.3 is 15.7 Å². The van der Waals surface area contributed by atoms with Gasteiger partial charge in [-0.2, -0.15) is 0 Å². The highest BCUT2D eigenvalue weighted by Crippen LogP contribution is 2.30. The molecule has 5 nitrogen and oxygen atoms in total. The van der Waals surface area contributed by atoms with Crippen molar-refractivity contribution in [2.45, 2.75) is 4.90 Å². The van der Waals surface area contributed by atoms with Gasteiger partial charge in [0.1, 0.15) is 28.7 Å². The number of fused-ring (bicyclic) bond motifs is 1. The number of hydrogen-bond acceptors (Lipinski definition) is 5. The molecule has 0 aliphatic carbocycles. The Morgan fingerprint density at radius 2 is 1.85 bits per heavy atom. The van der Waals surface area contributed by atoms with Crippen molar-refractivity contribution >= 4 is 51.5 Å². The van der Waals surface area contributed by atoms with Crippen LogP contribution in [0.2, 0.25) is 5.02 Å². The summed E-state index contributed by atoms with van der Waals surface area (Å²) < 4.78 is 45.0. The fourth-order valence-corrected chi connectivity index (χ4v) is 4.40. The molecule has 9 heteroatoms. The van der Waals surface area contributed by atoms with Crippen molar-refractivity contribution in [1.82, 2.24) is 4.98 Å². The summed E-state index contributed by atoms with van der Waals surface area (Å²) in [6, 6.07) is 14.0. The summed E-state index contributed by atoms with van der Waals surface area (Å²) in [6.45, 7) is 0. The third-order valence-electron chi connectivity index (χ3n) is 4.76. The highest BCUT2D eigenvalue weighted by molar-refractivity contribution is 7.93. The third kappa shape index (κ3) is 4.61. The zero-order valence-electron chi connectivity index (χ0n) is 16.8. The van der Waals surface area contributed by atoms with Gasteiger partial charge in [-0.05, 0) is 36.4 Å². The van der Waals surface area contributed by atoms with Crippen molar-refractivity contribution in [3.8, 4) is 11.8 Å². The quantitative estimate of drug-likeness (QED) is 0.210. The predicted molar refractivity (Wildman–Crippen MR) is 128 cm³/mol. The number of nitrogens with zero attached hydrogens (tertiary/aromatic N) is 1. The molecule has 1 aromatic heterocycles. The normalized spacial score (nSPS) is 11.5. The van der Waals surface area contributed by atoms with E-state index in [4.69, 9.17) is 22.7 Å². The van der Waals surface area contributed by atoms with Crippen LogP contribution in [0.1, 0.15) is 16.7 Å². The largest absolute Gasteiger partial charge is 0.588 e. The Morgan fingerprint density at radius 3 is 2.64 bits per heavy atom. The first-order chi connectivity index (χ1) is 15.9. The molecule has 4 N–H and O–H groups in total. The average molecular weight is 481 g/mol. The van der Waals surface area contributed by atoms with Crippen LogP contribution in [0.3, 0.4) is 0 Å². The molecule has 0 aliphatic heterocycles. The van der Waals surface area contributed by atoms with Crippen LogP contribution in [-0.4, -0.2) is 15.8 Å². The van der Waals surface area contributed by atoms with Crippen molar-refractivity contribution in [3.63, 3.8) is 0 Å². The van der Waals surface area contributed by atoms with E-state index in [1.807, 2.05) is 0 Å². The molecular weight excluding hydrogens is 466 g/mol. The first-order valence-electron chi connectivity index (χ1n) is 9.50. The number of anilines is 2. The molecule has 1 heterocycles. The molecule has 0 spiro atoms. The number of nitrogens with one attached hydrogen (secondary N) is 2. The van der Waals surface area contributed by atoms with Crippen LogP contribution in [0.15, 0.2) is 65.7 Å². The molecule has 0 saturated heterocycles. The van der Waals surface area contributed by atoms with Crippen molar-refractivity contribution in [3.05, 3.63) is 94.1 Å². The van der Waals surface area contributed by atoms with Crippen LogP contribution in [0, 0.1) is 28.9 Å². The molecule has 33 heavy (non-hydrogen) atoms. The minimum Gasteiger partial charge on any atom is -0.588 e. The van der Waals surface area contributed by atoms with E-state index in [0.717, 1.165) is 18.3 Å². The average Bonchev–Trinajstić information content (AvgIpc) is 2.81. The maximum Gasteiger partial charge on any atom is 0.187 e. The van der Waals surface area contributed by atoms with Crippen LogP contribution in [0.5, 0.6) is 0 Å². The van der Waals surface area contributed by atoms with Gasteiger partial charge in [-0.15, -0.1) is 0 Å². The standard InChI is InChI=1S/C24H15ClF2N4OS/c25-19-5-1-4-17-16(19)3-2-6-22(17)33(32)31-21-10-9-20(26)18(23(21)27)8-7-14-11-15(12-28)24(29)30-13-14/h1-6,9-13,28,31H,(H2,29,30). The van der Waals surface area contributed by atoms with Gasteiger partial charge in [0.25, 0.3) is 0 Å². The molecule has 1 atom stereocenters. The molecule has 4 aromatic rings. The van der Waals surface area contributed by atoms with Crippen molar-refractivity contribution in [2.24, 2.45) is 0 Å². The topological polar surface area (TPSA) is 97.8 Å². The fraction of sp³-hybridized carbons (Fsp3) is 0. The number of nitrogens with two attached hydrogens (primary N) is 1. The Bertz CT molecular complexity index is 1450. The molecule has 0 saturated carbocycles. The second-order valence-electron chi connectivity index (χ2n) is 6.84. The summed E-state index contributed by atoms with van der Waals surface area (Å²) in [5.74, 6) is 3.36. The minimum atomic E-state index is -1.86. The first-order valence-corrected chi connectivity index (χ1v) is 11.0. The van der Waals surface area contributed by atoms with E-state index in [-0.39, 0.29) is 11.5 Å². The van der Waals surface area contributed by atoms with Gasteiger partial charge in [0, 0.05) is 39.3 Å². The molecule has 4 rings (SSSR count). The highest BCUT2D eigenvalue weighted by atomic mass is 35.5. The lowest BCUT2D eigenvalue weighted by Crippen LogP contribution is -2.15. The summed E-state index contributed by atoms with van der Waals surface area (Å²) in [5, 5.41) is 9.17. The molecule has 0 radical (unpaired) electrons. The van der Waals surface area contributed by atoms with E-state index in [1.54, 1.807) is 36.4 Å². The monoisotopic (exact) mass is 480 g/mol. The van der Waals surface area contributed by atoms with Crippen LogP contribution >= 0.6 is 11.6 Å². The van der Waals surface area contributed by atoms with Gasteiger partial charge >= 0.3 is 0 Å². The van der Waals surface area contributed by atoms with Crippen molar-refractivity contribution in [2.75, 3.05) is 10.5 Å². The number of aromatic nitrogens is 1. The van der Waals surface area contributed by atoms with E-state index in [0.29, 0.717) is 31.8 Å². The van der Waals surface area contributed by atoms with Crippen molar-refractivity contribution in [1.29, 1.82) is 5.41 Å². The third-order valence-corrected chi connectivity index (χ3v) is 6.25. The van der Waals surface area contributed by atoms with Gasteiger partial charge in [-0.3, -0.25) is 0 Å². The summed E-state index contributed by atoms with van der Waals surface area (Å²) in [7, 11) is 0. The highest BCUT2D eigenvalue weighted by Gasteiger charge is 2.20. The molecule has 3 aromatic carbocycles. The number of rotatable bonds is 4. The lowest BCUT2D eigenvalue weighted by Gasteiger charge is -2.14. The van der Waals surface area contributed by atoms with Gasteiger partial charge in [0.05, 0.1) is 5.56 Å². The zero-order chi connectivity index (χ0) is 23.5. The van der Waals surface area contributed by atoms with E-state index < -0.39 is 28.6 Å². The Morgan fingerprint density at radius 1 is 1.09 bits per heavy atom. The van der Waals surface area contributed by atoms with E-state index in [1.165, 1.54) is 12.3 Å². The molecule has 0 bridgehead atoms. The van der Waals surface area contributed by atoms with E-state index in [9.17, 15) is 8.94 Å². The number of pyridine rings is 1. The van der Waals surface area contributed by atoms with Crippen LogP contribution in [0.25, 0.3) is 10.8 Å². The summed E-state index contributed by atoms with van der Waals surface area (Å²) in [6.07, 6.45) is 2.35. The number of benzene rings is 3. The van der Waals surface area contributed by atoms with Gasteiger partial charge in [-0.1, -0.05) is 41.6 Å². The Balaban J connectivity index is 1.67. The lowest BCUT2D eigenvalue weighted by atomic mass is 10.1. The predicted octanol–water partition coefficient (Wildman–Crippen LogP) is 5.28. The Hall–Kier alpha value is -3.64. The number of hydrogen-bond donors (Lipinski definition) is 3. The smallest absolute Gasteiger partial charge is 0.187 e. The van der Waals surface area contributed by atoms with Crippen LogP contribution in [0.4, 0.5) is 20.3 Å². The van der Waals surface area contributed by atoms with Gasteiger partial charge in [0.2, 0.25) is 0 Å². The van der Waals surface area contributed by atoms with Gasteiger partial charge in [0.15, 0.2) is 10.7 Å². The fourth-order valence-electron chi connectivity index (χ4n) is 3.12. The number of nitrogen functional groups attached to an aromatic ring is 1. The van der Waals surface area contributed by atoms with Crippen molar-refractivity contribution < 1.29 is 13.3 Å². The second-order valence-corrected chi connectivity index (χ2v) is 8.43. The first kappa shape index (κ1) is 22.6. The molecular formula is C24H15ClF2N4OS. The molecule has 1 unspecified atom stereocenters. The molecule has 0 amide bonds. The summed E-state index contributed by atoms with van der Waals surface area (Å²) in [5.41, 5.74) is 5.64. The Kier molecular flexibility index (Phi) is 6.47. The molecule has 0 fully saturated rings. The molecule has 164 valence electrons. The number of halogens is 3. The Labute approximate surface area is 196 Å². The van der Waals surface area contributed by atoms with E-state index in [2.05, 4.69) is 21.5 Å².